The lowest BCUT2D eigenvalue weighted by atomic mass is 10.0. The van der Waals surface area contributed by atoms with E-state index < -0.39 is 0 Å². The minimum absolute atomic E-state index is 0.146. The Morgan fingerprint density at radius 2 is 1.77 bits per heavy atom. The normalized spacial score (nSPS) is 18.3. The molecule has 0 spiro atoms. The average Bonchev–Trinajstić information content (AvgIpc) is 3.39. The van der Waals surface area contributed by atoms with E-state index >= 15 is 0 Å². The molecule has 0 radical (unpaired) electrons. The van der Waals surface area contributed by atoms with Gasteiger partial charge in [0.1, 0.15) is 5.75 Å². The maximum atomic E-state index is 12.5. The van der Waals surface area contributed by atoms with Gasteiger partial charge in [0.15, 0.2) is 12.4 Å². The number of carbonyl (C=O) groups excluding carboxylic acids is 2. The Morgan fingerprint density at radius 3 is 2.45 bits per heavy atom. The molecule has 1 N–H and O–H groups in total. The number of amides is 2. The minimum Gasteiger partial charge on any atom is -0.484 e. The van der Waals surface area contributed by atoms with E-state index in [4.69, 9.17) is 9.26 Å². The molecule has 1 atom stereocenters. The second-order valence-corrected chi connectivity index (χ2v) is 7.72. The monoisotopic (exact) mass is 418 g/mol. The number of aromatic nitrogens is 2. The summed E-state index contributed by atoms with van der Waals surface area (Å²) in [6.07, 6.45) is 3.34. The Kier molecular flexibility index (Phi) is 5.21. The molecule has 1 fully saturated rings. The van der Waals surface area contributed by atoms with Crippen molar-refractivity contribution in [3.8, 4) is 5.75 Å². The second kappa shape index (κ2) is 8.31. The number of fused-ring (bicyclic) bond motifs is 1. The molecule has 1 aromatic heterocycles. The molecule has 8 heteroatoms. The Bertz CT molecular complexity index is 1070. The fourth-order valence-corrected chi connectivity index (χ4v) is 3.94. The summed E-state index contributed by atoms with van der Waals surface area (Å²) in [4.78, 5) is 30.7. The van der Waals surface area contributed by atoms with Crippen LogP contribution in [0.1, 0.15) is 63.3 Å². The first kappa shape index (κ1) is 19.4. The Labute approximate surface area is 179 Å². The fraction of sp³-hybridized carbons (Fsp3) is 0.304. The number of piperidine rings is 1. The molecule has 2 aliphatic heterocycles. The van der Waals surface area contributed by atoms with E-state index in [0.29, 0.717) is 28.6 Å². The van der Waals surface area contributed by atoms with Gasteiger partial charge in [-0.15, -0.1) is 0 Å². The van der Waals surface area contributed by atoms with Crippen LogP contribution in [0, 0.1) is 0 Å². The lowest BCUT2D eigenvalue weighted by molar-refractivity contribution is 0.0642. The third-order valence-corrected chi connectivity index (χ3v) is 5.61. The topological polar surface area (TPSA) is 97.6 Å². The molecule has 2 aliphatic rings. The highest BCUT2D eigenvalue weighted by Gasteiger charge is 2.34. The summed E-state index contributed by atoms with van der Waals surface area (Å²) in [5.41, 5.74) is 1.75. The zero-order chi connectivity index (χ0) is 21.2. The Balaban J connectivity index is 1.18. The standard InChI is InChI=1S/C23H22N4O4/c28-22-17-5-1-2-6-18(17)23(29)27(22)13-15-8-10-16(11-9-15)30-14-20-25-21(26-31-20)19-7-3-4-12-24-19/h1-2,5-6,8-11,19,24H,3-4,7,12-14H2. The number of nitrogens with zero attached hydrogens (tertiary/aromatic N) is 3. The molecule has 0 aliphatic carbocycles. The van der Waals surface area contributed by atoms with Gasteiger partial charge in [-0.3, -0.25) is 14.5 Å². The molecule has 31 heavy (non-hydrogen) atoms. The van der Waals surface area contributed by atoms with E-state index in [1.54, 1.807) is 36.4 Å². The van der Waals surface area contributed by atoms with E-state index in [9.17, 15) is 9.59 Å². The highest BCUT2D eigenvalue weighted by Crippen LogP contribution is 2.25. The van der Waals surface area contributed by atoms with Gasteiger partial charge in [-0.1, -0.05) is 35.8 Å². The summed E-state index contributed by atoms with van der Waals surface area (Å²) in [6.45, 7) is 1.36. The van der Waals surface area contributed by atoms with Gasteiger partial charge in [-0.2, -0.15) is 4.98 Å². The van der Waals surface area contributed by atoms with Crippen LogP contribution in [0.5, 0.6) is 5.75 Å². The molecule has 8 nitrogen and oxygen atoms in total. The van der Waals surface area contributed by atoms with Crippen molar-refractivity contribution in [1.29, 1.82) is 0 Å². The van der Waals surface area contributed by atoms with Gasteiger partial charge in [0.05, 0.1) is 23.7 Å². The number of benzene rings is 2. The SMILES string of the molecule is O=C1c2ccccc2C(=O)N1Cc1ccc(OCc2nc(C3CCCCN3)no2)cc1. The molecule has 3 aromatic rings. The van der Waals surface area contributed by atoms with Crippen molar-refractivity contribution < 1.29 is 18.8 Å². The van der Waals surface area contributed by atoms with E-state index in [-0.39, 0.29) is 31.0 Å². The predicted octanol–water partition coefficient (Wildman–Crippen LogP) is 3.26. The van der Waals surface area contributed by atoms with Crippen LogP contribution in [0.2, 0.25) is 0 Å². The van der Waals surface area contributed by atoms with Crippen LogP contribution < -0.4 is 10.1 Å². The number of rotatable bonds is 6. The van der Waals surface area contributed by atoms with Gasteiger partial charge in [0, 0.05) is 0 Å². The van der Waals surface area contributed by atoms with Crippen molar-refractivity contribution >= 4 is 11.8 Å². The van der Waals surface area contributed by atoms with Crippen molar-refractivity contribution in [2.75, 3.05) is 6.54 Å². The smallest absolute Gasteiger partial charge is 0.264 e. The Morgan fingerprint density at radius 1 is 1.03 bits per heavy atom. The van der Waals surface area contributed by atoms with Crippen molar-refractivity contribution in [1.82, 2.24) is 20.4 Å². The first-order valence-electron chi connectivity index (χ1n) is 10.4. The number of hydrogen-bond acceptors (Lipinski definition) is 7. The number of nitrogens with one attached hydrogen (secondary N) is 1. The fourth-order valence-electron chi connectivity index (χ4n) is 3.94. The third-order valence-electron chi connectivity index (χ3n) is 5.61. The van der Waals surface area contributed by atoms with Crippen molar-refractivity contribution in [2.45, 2.75) is 38.5 Å². The summed E-state index contributed by atoms with van der Waals surface area (Å²) in [5, 5.41) is 7.45. The van der Waals surface area contributed by atoms with Crippen molar-refractivity contribution in [3.63, 3.8) is 0 Å². The summed E-state index contributed by atoms with van der Waals surface area (Å²) in [6, 6.07) is 14.3. The Hall–Kier alpha value is -3.52. The molecule has 0 saturated carbocycles. The van der Waals surface area contributed by atoms with E-state index in [2.05, 4.69) is 15.5 Å². The maximum absolute atomic E-state index is 12.5. The van der Waals surface area contributed by atoms with E-state index in [1.165, 1.54) is 11.3 Å². The van der Waals surface area contributed by atoms with Crippen LogP contribution >= 0.6 is 0 Å². The van der Waals surface area contributed by atoms with Crippen LogP contribution in [0.4, 0.5) is 0 Å². The summed E-state index contributed by atoms with van der Waals surface area (Å²) < 4.78 is 11.0. The molecule has 0 bridgehead atoms. The third kappa shape index (κ3) is 3.94. The number of imide groups is 1. The van der Waals surface area contributed by atoms with Crippen LogP contribution in [-0.4, -0.2) is 33.4 Å². The molecular weight excluding hydrogens is 396 g/mol. The van der Waals surface area contributed by atoms with Crippen LogP contribution in [-0.2, 0) is 13.2 Å². The molecular formula is C23H22N4O4. The summed E-state index contributed by atoms with van der Waals surface area (Å²) in [5.74, 6) is 1.22. The average molecular weight is 418 g/mol. The quantitative estimate of drug-likeness (QED) is 0.614. The van der Waals surface area contributed by atoms with Gasteiger partial charge in [0.2, 0.25) is 0 Å². The van der Waals surface area contributed by atoms with Gasteiger partial charge < -0.3 is 14.6 Å². The first-order valence-corrected chi connectivity index (χ1v) is 10.4. The summed E-state index contributed by atoms with van der Waals surface area (Å²) >= 11 is 0. The zero-order valence-electron chi connectivity index (χ0n) is 16.9. The molecule has 2 aromatic carbocycles. The van der Waals surface area contributed by atoms with E-state index in [0.717, 1.165) is 24.9 Å². The number of ether oxygens (including phenoxy) is 1. The molecule has 2 amide bonds. The molecule has 3 heterocycles. The van der Waals surface area contributed by atoms with Gasteiger partial charge in [0.25, 0.3) is 17.7 Å². The van der Waals surface area contributed by atoms with Gasteiger partial charge in [-0.05, 0) is 49.2 Å². The van der Waals surface area contributed by atoms with E-state index in [1.807, 2.05) is 12.1 Å². The van der Waals surface area contributed by atoms with Crippen molar-refractivity contribution in [2.24, 2.45) is 0 Å². The zero-order valence-corrected chi connectivity index (χ0v) is 16.9. The minimum atomic E-state index is -0.263. The molecule has 1 unspecified atom stereocenters. The van der Waals surface area contributed by atoms with Crippen LogP contribution in [0.25, 0.3) is 0 Å². The summed E-state index contributed by atoms with van der Waals surface area (Å²) in [7, 11) is 0. The largest absolute Gasteiger partial charge is 0.484 e. The van der Waals surface area contributed by atoms with Gasteiger partial charge in [-0.25, -0.2) is 0 Å². The second-order valence-electron chi connectivity index (χ2n) is 7.72. The number of hydrogen-bond donors (Lipinski definition) is 1. The first-order chi connectivity index (χ1) is 15.2. The van der Waals surface area contributed by atoms with Crippen LogP contribution in [0.3, 0.4) is 0 Å². The highest BCUT2D eigenvalue weighted by atomic mass is 16.5. The molecule has 1 saturated heterocycles. The van der Waals surface area contributed by atoms with Crippen LogP contribution in [0.15, 0.2) is 53.1 Å². The number of carbonyl (C=O) groups is 2. The highest BCUT2D eigenvalue weighted by molar-refractivity contribution is 6.21. The predicted molar refractivity (Wildman–Crippen MR) is 110 cm³/mol. The molecule has 158 valence electrons. The van der Waals surface area contributed by atoms with Crippen molar-refractivity contribution in [3.05, 3.63) is 76.9 Å². The molecule has 5 rings (SSSR count). The lowest BCUT2D eigenvalue weighted by Gasteiger charge is -2.19. The maximum Gasteiger partial charge on any atom is 0.264 e. The van der Waals surface area contributed by atoms with Gasteiger partial charge >= 0.3 is 0 Å². The lowest BCUT2D eigenvalue weighted by Crippen LogP contribution is -2.29.